The quantitative estimate of drug-likeness (QED) is 0.190. The van der Waals surface area contributed by atoms with Crippen molar-refractivity contribution in [1.82, 2.24) is 9.97 Å². The van der Waals surface area contributed by atoms with Crippen LogP contribution < -0.4 is 15.6 Å². The topological polar surface area (TPSA) is 153 Å². The summed E-state index contributed by atoms with van der Waals surface area (Å²) in [6.45, 7) is 12.9. The van der Waals surface area contributed by atoms with Crippen molar-refractivity contribution in [3.63, 3.8) is 0 Å². The van der Waals surface area contributed by atoms with Crippen molar-refractivity contribution in [1.29, 1.82) is 5.26 Å². The molecule has 3 aromatic rings. The highest BCUT2D eigenvalue weighted by atomic mass is 16.5. The minimum Gasteiger partial charge on any atom is -0.469 e. The van der Waals surface area contributed by atoms with E-state index in [1.807, 2.05) is 31.2 Å². The van der Waals surface area contributed by atoms with Gasteiger partial charge in [-0.15, -0.1) is 0 Å². The van der Waals surface area contributed by atoms with Crippen LogP contribution in [0.25, 0.3) is 18.2 Å². The van der Waals surface area contributed by atoms with E-state index in [4.69, 9.17) is 19.5 Å². The first-order chi connectivity index (χ1) is 28.3. The SMILES string of the molecule is CCc1c2[nH]c(c1C)C1C=C(C#N)[C@H]3N(C)c4ccc(C=O)cc4[C@@]4(C)C(=NC1[C@@]34CC)/C=c1\[nH]/c(c(CCC(=O)OC)c1C)=C\C1=NC(=C\2)/C(C)=C1CCC(=O)OC. The minimum atomic E-state index is -0.739. The third-order valence-corrected chi connectivity index (χ3v) is 14.3. The minimum absolute atomic E-state index is 0.186. The number of nitrogens with one attached hydrogen (secondary N) is 2. The molecule has 0 fully saturated rings. The number of esters is 2. The second-order valence-corrected chi connectivity index (χ2v) is 16.7. The van der Waals surface area contributed by atoms with Gasteiger partial charge in [-0.25, -0.2) is 4.99 Å². The fraction of sp³-hybridized carbons (Fsp3) is 0.417. The van der Waals surface area contributed by atoms with Crippen LogP contribution in [0.4, 0.5) is 5.69 Å². The van der Waals surface area contributed by atoms with Gasteiger partial charge >= 0.3 is 11.9 Å². The Hall–Kier alpha value is -6.02. The number of carbonyl (C=O) groups excluding carboxylic acids is 3. The number of hydrogen-bond donors (Lipinski definition) is 2. The van der Waals surface area contributed by atoms with Crippen LogP contribution in [0, 0.1) is 30.6 Å². The fourth-order valence-corrected chi connectivity index (χ4v) is 11.2. The Labute approximate surface area is 345 Å². The van der Waals surface area contributed by atoms with E-state index < -0.39 is 10.8 Å². The van der Waals surface area contributed by atoms with Gasteiger partial charge in [0.1, 0.15) is 6.29 Å². The van der Waals surface area contributed by atoms with E-state index in [9.17, 15) is 19.6 Å². The predicted octanol–water partition coefficient (Wildman–Crippen LogP) is 6.32. The fourth-order valence-electron chi connectivity index (χ4n) is 11.2. The van der Waals surface area contributed by atoms with Gasteiger partial charge in [0.25, 0.3) is 0 Å². The zero-order valence-corrected chi connectivity index (χ0v) is 35.4. The number of aldehydes is 1. The highest BCUT2D eigenvalue weighted by molar-refractivity contribution is 6.24. The Morgan fingerprint density at radius 2 is 1.71 bits per heavy atom. The third kappa shape index (κ3) is 5.70. The monoisotopic (exact) mass is 792 g/mol. The molecule has 0 radical (unpaired) electrons. The number of benzene rings is 1. The summed E-state index contributed by atoms with van der Waals surface area (Å²) in [5.74, 6) is -0.869. The van der Waals surface area contributed by atoms with E-state index in [-0.39, 0.29) is 42.8 Å². The largest absolute Gasteiger partial charge is 0.469 e. The van der Waals surface area contributed by atoms with Crippen LogP contribution in [0.5, 0.6) is 0 Å². The Morgan fingerprint density at radius 3 is 2.37 bits per heavy atom. The molecule has 1 aromatic carbocycles. The Kier molecular flexibility index (Phi) is 9.89. The molecule has 6 heterocycles. The molecular weight excluding hydrogens is 741 g/mol. The van der Waals surface area contributed by atoms with E-state index >= 15 is 0 Å². The molecule has 8 rings (SSSR count). The maximum absolute atomic E-state index is 12.6. The number of anilines is 1. The second-order valence-electron chi connectivity index (χ2n) is 16.7. The number of rotatable bonds is 9. The van der Waals surface area contributed by atoms with Gasteiger partial charge in [0, 0.05) is 81.3 Å². The number of allylic oxidation sites excluding steroid dienone is 2. The summed E-state index contributed by atoms with van der Waals surface area (Å²) in [5.41, 5.74) is 12.4. The molecule has 11 nitrogen and oxygen atoms in total. The highest BCUT2D eigenvalue weighted by Crippen LogP contribution is 2.67. The number of carbonyl (C=O) groups is 3. The average Bonchev–Trinajstić information content (AvgIpc) is 3.90. The smallest absolute Gasteiger partial charge is 0.305 e. The van der Waals surface area contributed by atoms with E-state index in [0.29, 0.717) is 30.4 Å². The summed E-state index contributed by atoms with van der Waals surface area (Å²) in [4.78, 5) is 58.4. The van der Waals surface area contributed by atoms with E-state index in [2.05, 4.69) is 80.8 Å². The molecule has 1 aliphatic carbocycles. The number of likely N-dealkylation sites (N-methyl/N-ethyl adjacent to an activating group) is 1. The standard InChI is InChI=1S/C48H52N6O5/c1-10-30-27(5)44-33-19-29(23-49)46-48(11-2)45(33)53-41(47(48,6)34-18-28(24-55)12-15-40(34)54(46)7)22-36-26(4)32(14-17-43(57)59-9)39(51-36)21-38-31(13-16-42(56)58-8)25(3)35(50-38)20-37(30)52-44/h12,15,18-22,24,33,45-46,51-52H,10-11,13-14,16-17H2,1-9H3/b35-20-,36-22-,39-21-/t33?,45?,46-,47+,48+/m1/s1. The highest BCUT2D eigenvalue weighted by Gasteiger charge is 2.70. The molecule has 0 saturated heterocycles. The van der Waals surface area contributed by atoms with Gasteiger partial charge < -0.3 is 24.3 Å². The van der Waals surface area contributed by atoms with Crippen LogP contribution in [0.3, 0.4) is 0 Å². The lowest BCUT2D eigenvalue weighted by atomic mass is 9.47. The van der Waals surface area contributed by atoms with Crippen molar-refractivity contribution >= 4 is 53.6 Å². The summed E-state index contributed by atoms with van der Waals surface area (Å²) < 4.78 is 10.1. The molecule has 5 aliphatic rings. The Balaban J connectivity index is 1.50. The number of H-pyrrole nitrogens is 2. The molecule has 59 heavy (non-hydrogen) atoms. The Bertz CT molecular complexity index is 2680. The molecule has 4 aliphatic heterocycles. The van der Waals surface area contributed by atoms with Gasteiger partial charge in [-0.2, -0.15) is 5.26 Å². The van der Waals surface area contributed by atoms with Crippen molar-refractivity contribution in [2.75, 3.05) is 26.2 Å². The van der Waals surface area contributed by atoms with Gasteiger partial charge in [-0.3, -0.25) is 19.4 Å². The lowest BCUT2D eigenvalue weighted by Gasteiger charge is -2.61. The maximum Gasteiger partial charge on any atom is 0.305 e. The molecule has 8 bridgehead atoms. The summed E-state index contributed by atoms with van der Waals surface area (Å²) in [7, 11) is 4.86. The normalized spacial score (nSPS) is 26.8. The molecule has 304 valence electrons. The molecule has 5 atom stereocenters. The number of ether oxygens (including phenoxy) is 2. The number of nitriles is 1. The molecule has 2 aromatic heterocycles. The molecule has 0 amide bonds. The lowest BCUT2D eigenvalue weighted by Crippen LogP contribution is -2.66. The first kappa shape index (κ1) is 39.8. The van der Waals surface area contributed by atoms with Crippen LogP contribution in [0.15, 0.2) is 56.7 Å². The van der Waals surface area contributed by atoms with Gasteiger partial charge in [-0.1, -0.05) is 19.9 Å². The van der Waals surface area contributed by atoms with E-state index in [0.717, 1.165) is 91.0 Å². The third-order valence-electron chi connectivity index (χ3n) is 14.3. The van der Waals surface area contributed by atoms with Gasteiger partial charge in [0.15, 0.2) is 0 Å². The molecule has 0 spiro atoms. The molecule has 2 unspecified atom stereocenters. The van der Waals surface area contributed by atoms with E-state index in [1.54, 1.807) is 0 Å². The number of methoxy groups -OCH3 is 2. The van der Waals surface area contributed by atoms with Crippen LogP contribution in [-0.2, 0) is 37.3 Å². The van der Waals surface area contributed by atoms with Crippen LogP contribution >= 0.6 is 0 Å². The summed E-state index contributed by atoms with van der Waals surface area (Å²) in [5, 5.41) is 12.7. The van der Waals surface area contributed by atoms with Crippen molar-refractivity contribution in [3.8, 4) is 6.07 Å². The number of aromatic amines is 2. The lowest BCUT2D eigenvalue weighted by molar-refractivity contribution is -0.141. The molecular formula is C48H52N6O5. The number of nitrogens with zero attached hydrogens (tertiary/aromatic N) is 4. The predicted molar refractivity (Wildman–Crippen MR) is 230 cm³/mol. The maximum atomic E-state index is 12.6. The van der Waals surface area contributed by atoms with Crippen molar-refractivity contribution in [2.24, 2.45) is 15.4 Å². The first-order valence-corrected chi connectivity index (χ1v) is 20.6. The molecule has 2 N–H and O–H groups in total. The number of aliphatic imine (C=N–C) groups is 2. The van der Waals surface area contributed by atoms with Crippen LogP contribution in [0.1, 0.15) is 109 Å². The number of aromatic nitrogens is 2. The molecule has 11 heteroatoms. The molecule has 0 saturated carbocycles. The van der Waals surface area contributed by atoms with Gasteiger partial charge in [0.2, 0.25) is 0 Å². The summed E-state index contributed by atoms with van der Waals surface area (Å²) >= 11 is 0. The zero-order chi connectivity index (χ0) is 42.1. The van der Waals surface area contributed by atoms with Crippen molar-refractivity contribution < 1.29 is 23.9 Å². The first-order valence-electron chi connectivity index (χ1n) is 20.6. The number of hydrogen-bond acceptors (Lipinski definition) is 9. The Morgan fingerprint density at radius 1 is 0.983 bits per heavy atom. The van der Waals surface area contributed by atoms with Crippen LogP contribution in [-0.4, -0.2) is 73.0 Å². The van der Waals surface area contributed by atoms with Crippen LogP contribution in [0.2, 0.25) is 0 Å². The zero-order valence-electron chi connectivity index (χ0n) is 35.4. The summed E-state index contributed by atoms with van der Waals surface area (Å²) in [6.07, 6.45) is 12.1. The van der Waals surface area contributed by atoms with Crippen molar-refractivity contribution in [2.45, 2.75) is 103 Å². The van der Waals surface area contributed by atoms with E-state index in [1.165, 1.54) is 19.8 Å². The second kappa shape index (κ2) is 14.7. The van der Waals surface area contributed by atoms with Gasteiger partial charge in [-0.05, 0) is 129 Å². The van der Waals surface area contributed by atoms with Gasteiger partial charge in [0.05, 0.1) is 43.8 Å². The average molecular weight is 793 g/mol. The van der Waals surface area contributed by atoms with Crippen molar-refractivity contribution in [3.05, 3.63) is 102 Å². The number of fused-ring (bicyclic) bond motifs is 9. The summed E-state index contributed by atoms with van der Waals surface area (Å²) in [6, 6.07) is 7.98.